The molecule has 1 fully saturated rings. The number of hydrogen-bond acceptors (Lipinski definition) is 5. The molecule has 0 aliphatic carbocycles. The molecular formula is C25H21BrN2O4. The summed E-state index contributed by atoms with van der Waals surface area (Å²) in [5.74, 6) is -0.712. The topological polar surface area (TPSA) is 79.7 Å². The van der Waals surface area contributed by atoms with Crippen molar-refractivity contribution in [2.75, 3.05) is 11.5 Å². The summed E-state index contributed by atoms with van der Waals surface area (Å²) in [6, 6.07) is 16.8. The van der Waals surface area contributed by atoms with Gasteiger partial charge in [-0.3, -0.25) is 14.5 Å². The fraction of sp³-hybridized carbons (Fsp3) is 0.160. The number of carbonyl (C=O) groups excluding carboxylic acids is 2. The SMILES string of the molecule is CCOc1ccc(C(O)=C2C(=O)C(=O)N(c3ccccn3)[C@@H]2c2ccc(Br)cc2)c(C)c1. The second kappa shape index (κ2) is 8.96. The number of amides is 1. The zero-order chi connectivity index (χ0) is 22.8. The first kappa shape index (κ1) is 21.8. The first-order valence-electron chi connectivity index (χ1n) is 10.1. The number of aromatic nitrogens is 1. The summed E-state index contributed by atoms with van der Waals surface area (Å²) in [5, 5.41) is 11.3. The Bertz CT molecular complexity index is 1210. The second-order valence-corrected chi connectivity index (χ2v) is 8.23. The molecule has 0 saturated carbocycles. The highest BCUT2D eigenvalue weighted by atomic mass is 79.9. The molecule has 3 aromatic rings. The van der Waals surface area contributed by atoms with Gasteiger partial charge in [-0.25, -0.2) is 4.98 Å². The average molecular weight is 493 g/mol. The van der Waals surface area contributed by atoms with Gasteiger partial charge in [-0.05, 0) is 67.4 Å². The van der Waals surface area contributed by atoms with Gasteiger partial charge in [0.05, 0.1) is 18.2 Å². The lowest BCUT2D eigenvalue weighted by Gasteiger charge is -2.24. The van der Waals surface area contributed by atoms with Crippen molar-refractivity contribution in [3.8, 4) is 5.75 Å². The molecule has 4 rings (SSSR count). The zero-order valence-electron chi connectivity index (χ0n) is 17.6. The minimum atomic E-state index is -0.816. The number of halogens is 1. The Labute approximate surface area is 194 Å². The molecule has 1 atom stereocenters. The number of aryl methyl sites for hydroxylation is 1. The lowest BCUT2D eigenvalue weighted by atomic mass is 9.94. The summed E-state index contributed by atoms with van der Waals surface area (Å²) in [5.41, 5.74) is 1.90. The van der Waals surface area contributed by atoms with Crippen molar-refractivity contribution in [3.63, 3.8) is 0 Å². The first-order chi connectivity index (χ1) is 15.4. The van der Waals surface area contributed by atoms with Crippen LogP contribution >= 0.6 is 15.9 Å². The van der Waals surface area contributed by atoms with Crippen LogP contribution in [0.15, 0.2) is 76.9 Å². The number of Topliss-reactive ketones (excluding diaryl/α,β-unsaturated/α-hetero) is 1. The maximum Gasteiger partial charge on any atom is 0.301 e. The van der Waals surface area contributed by atoms with E-state index in [4.69, 9.17) is 4.74 Å². The summed E-state index contributed by atoms with van der Waals surface area (Å²) >= 11 is 3.41. The monoisotopic (exact) mass is 492 g/mol. The van der Waals surface area contributed by atoms with Gasteiger partial charge in [0, 0.05) is 16.2 Å². The molecule has 32 heavy (non-hydrogen) atoms. The Morgan fingerprint density at radius 3 is 2.50 bits per heavy atom. The van der Waals surface area contributed by atoms with Gasteiger partial charge in [-0.2, -0.15) is 0 Å². The molecule has 1 aliphatic heterocycles. The predicted molar refractivity (Wildman–Crippen MR) is 126 cm³/mol. The van der Waals surface area contributed by atoms with Crippen LogP contribution in [0.2, 0.25) is 0 Å². The number of hydrogen-bond donors (Lipinski definition) is 1. The summed E-state index contributed by atoms with van der Waals surface area (Å²) in [4.78, 5) is 31.9. The van der Waals surface area contributed by atoms with Crippen LogP contribution in [0.3, 0.4) is 0 Å². The molecule has 1 aromatic heterocycles. The summed E-state index contributed by atoms with van der Waals surface area (Å²) < 4.78 is 6.38. The van der Waals surface area contributed by atoms with E-state index in [0.29, 0.717) is 29.3 Å². The van der Waals surface area contributed by atoms with Crippen molar-refractivity contribution in [2.45, 2.75) is 19.9 Å². The molecule has 0 unspecified atom stereocenters. The fourth-order valence-corrected chi connectivity index (χ4v) is 4.09. The number of ketones is 1. The van der Waals surface area contributed by atoms with Gasteiger partial charge >= 0.3 is 5.91 Å². The molecule has 2 heterocycles. The van der Waals surface area contributed by atoms with Crippen LogP contribution in [-0.2, 0) is 9.59 Å². The summed E-state index contributed by atoms with van der Waals surface area (Å²) in [6.45, 7) is 4.23. The van der Waals surface area contributed by atoms with Gasteiger partial charge in [0.2, 0.25) is 0 Å². The predicted octanol–water partition coefficient (Wildman–Crippen LogP) is 5.18. The van der Waals surface area contributed by atoms with Crippen LogP contribution in [0.1, 0.15) is 29.7 Å². The number of rotatable bonds is 5. The number of pyridine rings is 1. The number of benzene rings is 2. The molecular weight excluding hydrogens is 472 g/mol. The van der Waals surface area contributed by atoms with Crippen molar-refractivity contribution >= 4 is 39.2 Å². The first-order valence-corrected chi connectivity index (χ1v) is 10.9. The molecule has 1 aliphatic rings. The fourth-order valence-electron chi connectivity index (χ4n) is 3.83. The highest BCUT2D eigenvalue weighted by Gasteiger charge is 2.47. The minimum Gasteiger partial charge on any atom is -0.507 e. The van der Waals surface area contributed by atoms with E-state index in [-0.39, 0.29) is 11.3 Å². The van der Waals surface area contributed by atoms with E-state index in [0.717, 1.165) is 10.0 Å². The second-order valence-electron chi connectivity index (χ2n) is 7.32. The van der Waals surface area contributed by atoms with Crippen molar-refractivity contribution in [1.29, 1.82) is 0 Å². The Morgan fingerprint density at radius 2 is 1.88 bits per heavy atom. The number of aliphatic hydroxyl groups excluding tert-OH is 1. The molecule has 0 bridgehead atoms. The van der Waals surface area contributed by atoms with E-state index in [1.54, 1.807) is 42.6 Å². The van der Waals surface area contributed by atoms with Crippen LogP contribution < -0.4 is 9.64 Å². The lowest BCUT2D eigenvalue weighted by molar-refractivity contribution is -0.132. The number of nitrogens with zero attached hydrogens (tertiary/aromatic N) is 2. The van der Waals surface area contributed by atoms with E-state index in [9.17, 15) is 14.7 Å². The third-order valence-electron chi connectivity index (χ3n) is 5.29. The van der Waals surface area contributed by atoms with Gasteiger partial charge in [0.1, 0.15) is 17.3 Å². The number of anilines is 1. The number of ether oxygens (including phenoxy) is 1. The molecule has 2 aromatic carbocycles. The van der Waals surface area contributed by atoms with Gasteiger partial charge < -0.3 is 9.84 Å². The maximum atomic E-state index is 13.2. The zero-order valence-corrected chi connectivity index (χ0v) is 19.2. The summed E-state index contributed by atoms with van der Waals surface area (Å²) in [6.07, 6.45) is 1.56. The van der Waals surface area contributed by atoms with Crippen molar-refractivity contribution < 1.29 is 19.4 Å². The highest BCUT2D eigenvalue weighted by molar-refractivity contribution is 9.10. The molecule has 1 amide bonds. The van der Waals surface area contributed by atoms with Gasteiger partial charge in [-0.15, -0.1) is 0 Å². The van der Waals surface area contributed by atoms with Crippen LogP contribution in [0, 0.1) is 6.92 Å². The van der Waals surface area contributed by atoms with Crippen molar-refractivity contribution in [1.82, 2.24) is 4.98 Å². The summed E-state index contributed by atoms with van der Waals surface area (Å²) in [7, 11) is 0. The van der Waals surface area contributed by atoms with Crippen LogP contribution in [0.4, 0.5) is 5.82 Å². The Kier molecular flexibility index (Phi) is 6.10. The van der Waals surface area contributed by atoms with Gasteiger partial charge in [0.15, 0.2) is 0 Å². The molecule has 0 radical (unpaired) electrons. The third-order valence-corrected chi connectivity index (χ3v) is 5.82. The molecule has 7 heteroatoms. The van der Waals surface area contributed by atoms with E-state index in [2.05, 4.69) is 20.9 Å². The number of carbonyl (C=O) groups is 2. The minimum absolute atomic E-state index is 0.0234. The standard InChI is InChI=1S/C25H21BrN2O4/c1-3-32-18-11-12-19(15(2)14-18)23(29)21-22(16-7-9-17(26)10-8-16)28(25(31)24(21)30)20-6-4-5-13-27-20/h4-14,22,29H,3H2,1-2H3/t22-/m1/s1. The van der Waals surface area contributed by atoms with E-state index < -0.39 is 17.7 Å². The largest absolute Gasteiger partial charge is 0.507 e. The smallest absolute Gasteiger partial charge is 0.301 e. The Morgan fingerprint density at radius 1 is 1.12 bits per heavy atom. The quantitative estimate of drug-likeness (QED) is 0.301. The molecule has 162 valence electrons. The van der Waals surface area contributed by atoms with E-state index in [1.165, 1.54) is 4.90 Å². The van der Waals surface area contributed by atoms with E-state index in [1.807, 2.05) is 38.1 Å². The maximum absolute atomic E-state index is 13.2. The molecule has 1 N–H and O–H groups in total. The van der Waals surface area contributed by atoms with Crippen LogP contribution in [-0.4, -0.2) is 28.4 Å². The average Bonchev–Trinajstić information content (AvgIpc) is 3.05. The van der Waals surface area contributed by atoms with Gasteiger partial charge in [-0.1, -0.05) is 34.1 Å². The third kappa shape index (κ3) is 3.91. The van der Waals surface area contributed by atoms with Gasteiger partial charge in [0.25, 0.3) is 5.78 Å². The highest BCUT2D eigenvalue weighted by Crippen LogP contribution is 2.42. The van der Waals surface area contributed by atoms with Crippen molar-refractivity contribution in [3.05, 3.63) is 93.6 Å². The number of aliphatic hydroxyl groups is 1. The van der Waals surface area contributed by atoms with E-state index >= 15 is 0 Å². The lowest BCUT2D eigenvalue weighted by Crippen LogP contribution is -2.30. The molecule has 0 spiro atoms. The Balaban J connectivity index is 1.91. The molecule has 1 saturated heterocycles. The van der Waals surface area contributed by atoms with Crippen LogP contribution in [0.25, 0.3) is 5.76 Å². The Hall–Kier alpha value is -3.45. The van der Waals surface area contributed by atoms with Crippen LogP contribution in [0.5, 0.6) is 5.75 Å². The normalized spacial score (nSPS) is 17.6. The molecule has 6 nitrogen and oxygen atoms in total. The van der Waals surface area contributed by atoms with Crippen molar-refractivity contribution in [2.24, 2.45) is 0 Å².